The summed E-state index contributed by atoms with van der Waals surface area (Å²) in [5.41, 5.74) is 2.98. The summed E-state index contributed by atoms with van der Waals surface area (Å²) in [6.45, 7) is 5.15. The summed E-state index contributed by atoms with van der Waals surface area (Å²) in [5, 5.41) is 4.00. The number of hydrogen-bond donors (Lipinski definition) is 0. The normalized spacial score (nSPS) is 14.9. The summed E-state index contributed by atoms with van der Waals surface area (Å²) >= 11 is 0. The SMILES string of the molecule is Cc1ccc(S(=O)(=O)CCc2nc(-c3ccc(N4CCOCC4)cc3)no2)cc1. The number of benzene rings is 2. The maximum atomic E-state index is 12.5. The van der Waals surface area contributed by atoms with Crippen LogP contribution in [0.4, 0.5) is 5.69 Å². The summed E-state index contributed by atoms with van der Waals surface area (Å²) in [6, 6.07) is 14.8. The van der Waals surface area contributed by atoms with Crippen LogP contribution < -0.4 is 4.90 Å². The molecule has 0 spiro atoms. The number of morpholine rings is 1. The van der Waals surface area contributed by atoms with Gasteiger partial charge >= 0.3 is 0 Å². The molecule has 0 atom stereocenters. The summed E-state index contributed by atoms with van der Waals surface area (Å²) in [4.78, 5) is 6.93. The Bertz CT molecular complexity index is 1050. The van der Waals surface area contributed by atoms with Crippen LogP contribution in [0.3, 0.4) is 0 Å². The van der Waals surface area contributed by atoms with Crippen LogP contribution in [0.5, 0.6) is 0 Å². The van der Waals surface area contributed by atoms with Crippen molar-refractivity contribution in [3.8, 4) is 11.4 Å². The topological polar surface area (TPSA) is 85.5 Å². The first-order chi connectivity index (χ1) is 14.0. The number of aromatic nitrogens is 2. The molecule has 1 aromatic heterocycles. The van der Waals surface area contributed by atoms with E-state index in [1.165, 1.54) is 0 Å². The summed E-state index contributed by atoms with van der Waals surface area (Å²) in [5.74, 6) is 0.697. The number of ether oxygens (including phenoxy) is 1. The lowest BCUT2D eigenvalue weighted by atomic mass is 10.2. The van der Waals surface area contributed by atoms with E-state index in [-0.39, 0.29) is 12.2 Å². The van der Waals surface area contributed by atoms with Crippen LogP contribution in [-0.2, 0) is 21.0 Å². The summed E-state index contributed by atoms with van der Waals surface area (Å²) < 4.78 is 35.6. The van der Waals surface area contributed by atoms with E-state index in [9.17, 15) is 8.42 Å². The molecule has 0 radical (unpaired) electrons. The molecule has 0 saturated carbocycles. The van der Waals surface area contributed by atoms with Gasteiger partial charge < -0.3 is 14.2 Å². The highest BCUT2D eigenvalue weighted by atomic mass is 32.2. The second-order valence-corrected chi connectivity index (χ2v) is 9.15. The Labute approximate surface area is 170 Å². The zero-order chi connectivity index (χ0) is 20.3. The minimum atomic E-state index is -3.39. The largest absolute Gasteiger partial charge is 0.378 e. The van der Waals surface area contributed by atoms with E-state index >= 15 is 0 Å². The number of rotatable bonds is 6. The van der Waals surface area contributed by atoms with E-state index in [1.807, 2.05) is 31.2 Å². The Morgan fingerprint density at radius 1 is 1.00 bits per heavy atom. The van der Waals surface area contributed by atoms with E-state index in [0.717, 1.165) is 43.1 Å². The Balaban J connectivity index is 1.41. The van der Waals surface area contributed by atoms with Gasteiger partial charge in [0.2, 0.25) is 11.7 Å². The molecular weight excluding hydrogens is 390 g/mol. The van der Waals surface area contributed by atoms with Crippen LogP contribution in [-0.4, -0.2) is 50.6 Å². The third-order valence-electron chi connectivity index (χ3n) is 4.93. The Morgan fingerprint density at radius 2 is 1.69 bits per heavy atom. The molecular formula is C21H23N3O4S. The molecule has 29 heavy (non-hydrogen) atoms. The molecule has 4 rings (SSSR count). The van der Waals surface area contributed by atoms with Crippen LogP contribution in [0.15, 0.2) is 57.9 Å². The maximum absolute atomic E-state index is 12.5. The van der Waals surface area contributed by atoms with Gasteiger partial charge in [0.1, 0.15) is 0 Å². The number of nitrogens with zero attached hydrogens (tertiary/aromatic N) is 3. The van der Waals surface area contributed by atoms with Gasteiger partial charge in [0.25, 0.3) is 0 Å². The van der Waals surface area contributed by atoms with E-state index in [0.29, 0.717) is 16.6 Å². The van der Waals surface area contributed by atoms with Gasteiger partial charge in [0.05, 0.1) is 23.9 Å². The van der Waals surface area contributed by atoms with E-state index < -0.39 is 9.84 Å². The van der Waals surface area contributed by atoms with Gasteiger partial charge in [0.15, 0.2) is 9.84 Å². The lowest BCUT2D eigenvalue weighted by Gasteiger charge is -2.28. The molecule has 0 aliphatic carbocycles. The third kappa shape index (κ3) is 4.65. The van der Waals surface area contributed by atoms with Gasteiger partial charge in [-0.1, -0.05) is 22.9 Å². The highest BCUT2D eigenvalue weighted by Crippen LogP contribution is 2.22. The Kier molecular flexibility index (Phi) is 5.64. The van der Waals surface area contributed by atoms with Crippen molar-refractivity contribution in [2.75, 3.05) is 37.0 Å². The molecule has 1 fully saturated rings. The van der Waals surface area contributed by atoms with E-state index in [4.69, 9.17) is 9.26 Å². The average molecular weight is 413 g/mol. The fourth-order valence-corrected chi connectivity index (χ4v) is 4.43. The molecule has 7 nitrogen and oxygen atoms in total. The number of aryl methyl sites for hydroxylation is 2. The summed E-state index contributed by atoms with van der Waals surface area (Å²) in [6.07, 6.45) is 0.176. The lowest BCUT2D eigenvalue weighted by Crippen LogP contribution is -2.36. The first-order valence-corrected chi connectivity index (χ1v) is 11.2. The predicted molar refractivity (Wildman–Crippen MR) is 110 cm³/mol. The van der Waals surface area contributed by atoms with Crippen LogP contribution >= 0.6 is 0 Å². The van der Waals surface area contributed by atoms with Gasteiger partial charge in [-0.25, -0.2) is 8.42 Å². The van der Waals surface area contributed by atoms with Crippen molar-refractivity contribution in [3.05, 3.63) is 60.0 Å². The number of sulfone groups is 1. The van der Waals surface area contributed by atoms with Crippen molar-refractivity contribution < 1.29 is 17.7 Å². The molecule has 2 heterocycles. The van der Waals surface area contributed by atoms with Crippen LogP contribution in [0.1, 0.15) is 11.5 Å². The molecule has 0 unspecified atom stereocenters. The molecule has 0 bridgehead atoms. The molecule has 1 saturated heterocycles. The molecule has 0 amide bonds. The molecule has 3 aromatic rings. The van der Waals surface area contributed by atoms with Crippen molar-refractivity contribution in [2.45, 2.75) is 18.2 Å². The maximum Gasteiger partial charge on any atom is 0.227 e. The lowest BCUT2D eigenvalue weighted by molar-refractivity contribution is 0.122. The van der Waals surface area contributed by atoms with Gasteiger partial charge in [-0.15, -0.1) is 0 Å². The van der Waals surface area contributed by atoms with Crippen molar-refractivity contribution in [1.82, 2.24) is 10.1 Å². The Hall–Kier alpha value is -2.71. The van der Waals surface area contributed by atoms with Gasteiger partial charge in [-0.05, 0) is 43.3 Å². The molecule has 1 aliphatic rings. The van der Waals surface area contributed by atoms with Crippen molar-refractivity contribution in [3.63, 3.8) is 0 Å². The second kappa shape index (κ2) is 8.34. The molecule has 152 valence electrons. The van der Waals surface area contributed by atoms with Crippen molar-refractivity contribution in [1.29, 1.82) is 0 Å². The van der Waals surface area contributed by atoms with Crippen LogP contribution in [0.2, 0.25) is 0 Å². The van der Waals surface area contributed by atoms with Gasteiger partial charge in [-0.3, -0.25) is 0 Å². The predicted octanol–water partition coefficient (Wildman–Crippen LogP) is 2.90. The molecule has 8 heteroatoms. The van der Waals surface area contributed by atoms with Crippen LogP contribution in [0.25, 0.3) is 11.4 Å². The first-order valence-electron chi connectivity index (χ1n) is 9.56. The zero-order valence-electron chi connectivity index (χ0n) is 16.2. The van der Waals surface area contributed by atoms with E-state index in [1.54, 1.807) is 24.3 Å². The van der Waals surface area contributed by atoms with E-state index in [2.05, 4.69) is 15.0 Å². The quantitative estimate of drug-likeness (QED) is 0.614. The minimum Gasteiger partial charge on any atom is -0.378 e. The smallest absolute Gasteiger partial charge is 0.227 e. The molecule has 1 aliphatic heterocycles. The minimum absolute atomic E-state index is 0.0757. The zero-order valence-corrected chi connectivity index (χ0v) is 17.1. The molecule has 0 N–H and O–H groups in total. The monoisotopic (exact) mass is 413 g/mol. The fourth-order valence-electron chi connectivity index (χ4n) is 3.20. The molecule has 2 aromatic carbocycles. The highest BCUT2D eigenvalue weighted by Gasteiger charge is 2.17. The standard InChI is InChI=1S/C21H23N3O4S/c1-16-2-8-19(9-3-16)29(25,26)15-10-20-22-21(23-28-20)17-4-6-18(7-5-17)24-11-13-27-14-12-24/h2-9H,10-15H2,1H3. The van der Waals surface area contributed by atoms with Gasteiger partial charge in [0, 0.05) is 30.8 Å². The summed E-state index contributed by atoms with van der Waals surface area (Å²) in [7, 11) is -3.39. The van der Waals surface area contributed by atoms with Crippen molar-refractivity contribution in [2.24, 2.45) is 0 Å². The van der Waals surface area contributed by atoms with Crippen molar-refractivity contribution >= 4 is 15.5 Å². The number of anilines is 1. The number of hydrogen-bond acceptors (Lipinski definition) is 7. The fraction of sp³-hybridized carbons (Fsp3) is 0.333. The highest BCUT2D eigenvalue weighted by molar-refractivity contribution is 7.91. The van der Waals surface area contributed by atoms with Crippen LogP contribution in [0, 0.1) is 6.92 Å². The first kappa shape index (κ1) is 19.6. The Morgan fingerprint density at radius 3 is 2.38 bits per heavy atom. The second-order valence-electron chi connectivity index (χ2n) is 7.04. The van der Waals surface area contributed by atoms with Gasteiger partial charge in [-0.2, -0.15) is 4.98 Å². The average Bonchev–Trinajstić information content (AvgIpc) is 3.23. The third-order valence-corrected chi connectivity index (χ3v) is 6.67.